The minimum absolute atomic E-state index is 0.205. The molecule has 0 aromatic heterocycles. The third kappa shape index (κ3) is 4.04. The molecular formula is C12H21NO2. The van der Waals surface area contributed by atoms with Crippen LogP contribution in [0.5, 0.6) is 0 Å². The van der Waals surface area contributed by atoms with Gasteiger partial charge in [-0.1, -0.05) is 25.0 Å². The third-order valence-electron chi connectivity index (χ3n) is 2.84. The van der Waals surface area contributed by atoms with Gasteiger partial charge in [-0.3, -0.25) is 10.1 Å². The molecule has 0 aromatic rings. The second-order valence-electron chi connectivity index (χ2n) is 4.75. The first-order chi connectivity index (χ1) is 7.02. The van der Waals surface area contributed by atoms with Gasteiger partial charge in [-0.25, -0.2) is 0 Å². The fourth-order valence-corrected chi connectivity index (χ4v) is 1.81. The van der Waals surface area contributed by atoms with E-state index < -0.39 is 11.5 Å². The summed E-state index contributed by atoms with van der Waals surface area (Å²) in [5.41, 5.74) is -0.839. The van der Waals surface area contributed by atoms with Gasteiger partial charge in [-0.2, -0.15) is 0 Å². The Kier molecular flexibility index (Phi) is 4.33. The molecule has 1 unspecified atom stereocenters. The maximum atomic E-state index is 11.0. The summed E-state index contributed by atoms with van der Waals surface area (Å²) in [5.74, 6) is -0.794. The smallest absolute Gasteiger partial charge is 0.323 e. The standard InChI is InChI=1S/C12H21NO2/c1-12(2,11(14)15)13-10-8-6-4-3-5-7-9-10/h6,8,10,13H,3-5,7,9H2,1-2H3,(H,14,15)/b8-6-. The fraction of sp³-hybridized carbons (Fsp3) is 0.750. The lowest BCUT2D eigenvalue weighted by atomic mass is 9.98. The highest BCUT2D eigenvalue weighted by Gasteiger charge is 2.28. The molecule has 0 saturated heterocycles. The van der Waals surface area contributed by atoms with Crippen molar-refractivity contribution in [2.45, 2.75) is 57.5 Å². The zero-order valence-corrected chi connectivity index (χ0v) is 9.62. The van der Waals surface area contributed by atoms with Crippen molar-refractivity contribution in [3.63, 3.8) is 0 Å². The van der Waals surface area contributed by atoms with Crippen LogP contribution in [0.15, 0.2) is 12.2 Å². The summed E-state index contributed by atoms with van der Waals surface area (Å²) in [4.78, 5) is 11.0. The Balaban J connectivity index is 2.55. The molecular weight excluding hydrogens is 190 g/mol. The SMILES string of the molecule is CC(C)(NC1/C=C\CCCCC1)C(=O)O. The van der Waals surface area contributed by atoms with Crippen molar-refractivity contribution < 1.29 is 9.90 Å². The lowest BCUT2D eigenvalue weighted by Crippen LogP contribution is -2.51. The number of carboxylic acids is 1. The molecule has 0 amide bonds. The zero-order valence-electron chi connectivity index (χ0n) is 9.62. The average Bonchev–Trinajstić information content (AvgIpc) is 2.09. The monoisotopic (exact) mass is 211 g/mol. The lowest BCUT2D eigenvalue weighted by Gasteiger charge is -2.27. The van der Waals surface area contributed by atoms with Gasteiger partial charge in [0.05, 0.1) is 0 Å². The van der Waals surface area contributed by atoms with Gasteiger partial charge >= 0.3 is 5.97 Å². The van der Waals surface area contributed by atoms with E-state index >= 15 is 0 Å². The summed E-state index contributed by atoms with van der Waals surface area (Å²) in [5, 5.41) is 12.2. The molecule has 1 rings (SSSR count). The van der Waals surface area contributed by atoms with E-state index in [9.17, 15) is 4.79 Å². The van der Waals surface area contributed by atoms with Crippen molar-refractivity contribution in [3.8, 4) is 0 Å². The molecule has 0 spiro atoms. The Morgan fingerprint density at radius 2 is 2.13 bits per heavy atom. The van der Waals surface area contributed by atoms with Crippen LogP contribution in [-0.2, 0) is 4.79 Å². The number of rotatable bonds is 3. The Labute approximate surface area is 91.6 Å². The summed E-state index contributed by atoms with van der Waals surface area (Å²) in [6.45, 7) is 3.42. The normalized spacial score (nSPS) is 25.3. The van der Waals surface area contributed by atoms with Crippen molar-refractivity contribution in [1.82, 2.24) is 5.32 Å². The minimum atomic E-state index is -0.839. The van der Waals surface area contributed by atoms with E-state index in [0.717, 1.165) is 12.8 Å². The number of carbonyl (C=O) groups is 1. The van der Waals surface area contributed by atoms with Crippen LogP contribution in [0.4, 0.5) is 0 Å². The predicted molar refractivity (Wildman–Crippen MR) is 60.9 cm³/mol. The summed E-state index contributed by atoms with van der Waals surface area (Å²) in [7, 11) is 0. The molecule has 2 N–H and O–H groups in total. The van der Waals surface area contributed by atoms with E-state index in [-0.39, 0.29) is 6.04 Å². The van der Waals surface area contributed by atoms with Crippen LogP contribution in [0.3, 0.4) is 0 Å². The third-order valence-corrected chi connectivity index (χ3v) is 2.84. The maximum absolute atomic E-state index is 11.0. The highest BCUT2D eigenvalue weighted by Crippen LogP contribution is 2.14. The number of aliphatic carboxylic acids is 1. The maximum Gasteiger partial charge on any atom is 0.323 e. The predicted octanol–water partition coefficient (Wildman–Crippen LogP) is 2.33. The van der Waals surface area contributed by atoms with Gasteiger partial charge in [0.25, 0.3) is 0 Å². The first kappa shape index (κ1) is 12.2. The molecule has 0 heterocycles. The number of nitrogens with one attached hydrogen (secondary N) is 1. The van der Waals surface area contributed by atoms with Crippen LogP contribution >= 0.6 is 0 Å². The van der Waals surface area contributed by atoms with Gasteiger partial charge in [-0.15, -0.1) is 0 Å². The van der Waals surface area contributed by atoms with Gasteiger partial charge in [0.2, 0.25) is 0 Å². The number of allylic oxidation sites excluding steroid dienone is 1. The Hall–Kier alpha value is -0.830. The molecule has 0 bridgehead atoms. The summed E-state index contributed by atoms with van der Waals surface area (Å²) in [6.07, 6.45) is 10.1. The van der Waals surface area contributed by atoms with Gasteiger partial charge < -0.3 is 5.11 Å². The average molecular weight is 211 g/mol. The lowest BCUT2D eigenvalue weighted by molar-refractivity contribution is -0.143. The van der Waals surface area contributed by atoms with Crippen LogP contribution in [-0.4, -0.2) is 22.7 Å². The molecule has 0 aromatic carbocycles. The van der Waals surface area contributed by atoms with Crippen molar-refractivity contribution >= 4 is 5.97 Å². The van der Waals surface area contributed by atoms with E-state index in [1.54, 1.807) is 13.8 Å². The first-order valence-corrected chi connectivity index (χ1v) is 5.70. The van der Waals surface area contributed by atoms with Crippen LogP contribution in [0, 0.1) is 0 Å². The van der Waals surface area contributed by atoms with E-state index in [2.05, 4.69) is 17.5 Å². The number of hydrogen-bond donors (Lipinski definition) is 2. The highest BCUT2D eigenvalue weighted by atomic mass is 16.4. The second kappa shape index (κ2) is 5.31. The van der Waals surface area contributed by atoms with Gasteiger partial charge in [0.15, 0.2) is 0 Å². The molecule has 1 atom stereocenters. The number of carboxylic acid groups (broad SMARTS) is 1. The Bertz CT molecular complexity index is 246. The molecule has 0 radical (unpaired) electrons. The van der Waals surface area contributed by atoms with E-state index in [0.29, 0.717) is 0 Å². The molecule has 15 heavy (non-hydrogen) atoms. The molecule has 0 fully saturated rings. The largest absolute Gasteiger partial charge is 0.480 e. The van der Waals surface area contributed by atoms with Crippen LogP contribution < -0.4 is 5.32 Å². The topological polar surface area (TPSA) is 49.3 Å². The summed E-state index contributed by atoms with van der Waals surface area (Å²) < 4.78 is 0. The number of hydrogen-bond acceptors (Lipinski definition) is 2. The second-order valence-corrected chi connectivity index (χ2v) is 4.75. The van der Waals surface area contributed by atoms with Crippen molar-refractivity contribution in [3.05, 3.63) is 12.2 Å². The van der Waals surface area contributed by atoms with Gasteiger partial charge in [0.1, 0.15) is 5.54 Å². The summed E-state index contributed by atoms with van der Waals surface area (Å²) in [6, 6.07) is 0.205. The van der Waals surface area contributed by atoms with Crippen LogP contribution in [0.25, 0.3) is 0 Å². The van der Waals surface area contributed by atoms with Crippen molar-refractivity contribution in [2.75, 3.05) is 0 Å². The van der Waals surface area contributed by atoms with E-state index in [4.69, 9.17) is 5.11 Å². The first-order valence-electron chi connectivity index (χ1n) is 5.70. The molecule has 1 aliphatic rings. The Morgan fingerprint density at radius 1 is 1.40 bits per heavy atom. The zero-order chi connectivity index (χ0) is 11.3. The molecule has 3 heteroatoms. The van der Waals surface area contributed by atoms with E-state index in [1.807, 2.05) is 0 Å². The molecule has 0 saturated carbocycles. The van der Waals surface area contributed by atoms with Crippen molar-refractivity contribution in [2.24, 2.45) is 0 Å². The quantitative estimate of drug-likeness (QED) is 0.704. The Morgan fingerprint density at radius 3 is 2.80 bits per heavy atom. The van der Waals surface area contributed by atoms with Crippen molar-refractivity contribution in [1.29, 1.82) is 0 Å². The van der Waals surface area contributed by atoms with Crippen LogP contribution in [0.1, 0.15) is 46.0 Å². The fourth-order valence-electron chi connectivity index (χ4n) is 1.81. The van der Waals surface area contributed by atoms with Gasteiger partial charge in [0, 0.05) is 6.04 Å². The molecule has 86 valence electrons. The highest BCUT2D eigenvalue weighted by molar-refractivity contribution is 5.77. The van der Waals surface area contributed by atoms with Gasteiger partial charge in [-0.05, 0) is 33.1 Å². The molecule has 0 aliphatic heterocycles. The summed E-state index contributed by atoms with van der Waals surface area (Å²) >= 11 is 0. The minimum Gasteiger partial charge on any atom is -0.480 e. The van der Waals surface area contributed by atoms with E-state index in [1.165, 1.54) is 19.3 Å². The molecule has 3 nitrogen and oxygen atoms in total. The van der Waals surface area contributed by atoms with Crippen LogP contribution in [0.2, 0.25) is 0 Å². The molecule has 1 aliphatic carbocycles.